The van der Waals surface area contributed by atoms with Gasteiger partial charge in [-0.05, 0) is 61.3 Å². The zero-order chi connectivity index (χ0) is 26.2. The maximum Gasteiger partial charge on any atom is 0.213 e. The minimum atomic E-state index is 0.202. The van der Waals surface area contributed by atoms with E-state index >= 15 is 0 Å². The summed E-state index contributed by atoms with van der Waals surface area (Å²) in [6.45, 7) is 3.87. The first-order valence-corrected chi connectivity index (χ1v) is 14.6. The van der Waals surface area contributed by atoms with Gasteiger partial charge in [0.05, 0.1) is 17.7 Å². The van der Waals surface area contributed by atoms with E-state index in [1.54, 1.807) is 0 Å². The second-order valence-corrected chi connectivity index (χ2v) is 11.7. The van der Waals surface area contributed by atoms with Crippen molar-refractivity contribution in [1.82, 2.24) is 19.9 Å². The molecule has 0 bridgehead atoms. The van der Waals surface area contributed by atoms with Crippen LogP contribution in [0.4, 0.5) is 0 Å². The van der Waals surface area contributed by atoms with Crippen LogP contribution in [0.25, 0.3) is 32.9 Å². The lowest BCUT2D eigenvalue weighted by Gasteiger charge is -2.38. The molecule has 2 aliphatic carbocycles. The van der Waals surface area contributed by atoms with Gasteiger partial charge in [-0.25, -0.2) is 4.98 Å². The Morgan fingerprint density at radius 2 is 1.56 bits per heavy atom. The standard InChI is InChI=1S/C32H38N4O3/c1-36-30-6-9-33-20-29(30)28-4-2-23(14-31(28)36)24-3-5-32(35-17-24)39-26-15-25(16-26)37-10-7-21-12-22(13-21)8-11-38-27-18-34-19-27/h2-6,9,14,17,20-22,25-27,34H,7-8,10-13,15-16,18-19H2,1H3/t21?,22?,25-,26-. The summed E-state index contributed by atoms with van der Waals surface area (Å²) in [4.78, 5) is 8.91. The van der Waals surface area contributed by atoms with Crippen molar-refractivity contribution in [2.45, 2.75) is 56.8 Å². The average Bonchev–Trinajstić information content (AvgIpc) is 3.18. The van der Waals surface area contributed by atoms with Crippen molar-refractivity contribution >= 4 is 21.8 Å². The number of ether oxygens (including phenoxy) is 3. The monoisotopic (exact) mass is 526 g/mol. The maximum absolute atomic E-state index is 6.13. The van der Waals surface area contributed by atoms with Crippen molar-refractivity contribution in [2.75, 3.05) is 26.3 Å². The summed E-state index contributed by atoms with van der Waals surface area (Å²) in [5.41, 5.74) is 4.62. The number of nitrogens with one attached hydrogen (secondary N) is 1. The molecule has 7 rings (SSSR count). The molecule has 7 nitrogen and oxygen atoms in total. The predicted octanol–water partition coefficient (Wildman–Crippen LogP) is 5.51. The van der Waals surface area contributed by atoms with Crippen molar-refractivity contribution in [3.05, 3.63) is 55.0 Å². The highest BCUT2D eigenvalue weighted by Crippen LogP contribution is 2.39. The average molecular weight is 527 g/mol. The van der Waals surface area contributed by atoms with E-state index in [0.717, 1.165) is 62.1 Å². The molecule has 3 aromatic heterocycles. The molecule has 3 fully saturated rings. The van der Waals surface area contributed by atoms with Gasteiger partial charge < -0.3 is 24.1 Å². The third-order valence-corrected chi connectivity index (χ3v) is 9.05. The Bertz CT molecular complexity index is 1420. The van der Waals surface area contributed by atoms with E-state index in [2.05, 4.69) is 57.2 Å². The molecule has 4 aromatic rings. The molecular weight excluding hydrogens is 488 g/mol. The number of nitrogens with zero attached hydrogens (tertiary/aromatic N) is 3. The zero-order valence-electron chi connectivity index (χ0n) is 22.7. The number of hydrogen-bond donors (Lipinski definition) is 1. The molecule has 0 radical (unpaired) electrons. The molecule has 0 spiro atoms. The minimum Gasteiger partial charge on any atom is -0.474 e. The number of rotatable bonds is 11. The van der Waals surface area contributed by atoms with Crippen LogP contribution in [0.2, 0.25) is 0 Å². The fourth-order valence-electron chi connectivity index (χ4n) is 6.30. The number of aryl methyl sites for hydroxylation is 1. The van der Waals surface area contributed by atoms with Crippen molar-refractivity contribution in [2.24, 2.45) is 18.9 Å². The molecule has 0 unspecified atom stereocenters. The highest BCUT2D eigenvalue weighted by Gasteiger charge is 2.33. The maximum atomic E-state index is 6.13. The Morgan fingerprint density at radius 1 is 0.795 bits per heavy atom. The minimum absolute atomic E-state index is 0.202. The Hall–Kier alpha value is -3.00. The van der Waals surface area contributed by atoms with Crippen molar-refractivity contribution in [1.29, 1.82) is 0 Å². The van der Waals surface area contributed by atoms with E-state index in [-0.39, 0.29) is 6.10 Å². The third-order valence-electron chi connectivity index (χ3n) is 9.05. The van der Waals surface area contributed by atoms with Crippen molar-refractivity contribution < 1.29 is 14.2 Å². The normalized spacial score (nSPS) is 24.8. The SMILES string of the molecule is Cn1c2ccncc2c2ccc(-c3ccc(O[C@H]4C[C@H](OCCC5CC(CCOC6CNC6)C5)C4)nc3)cc21. The van der Waals surface area contributed by atoms with Gasteiger partial charge in [-0.1, -0.05) is 12.1 Å². The second-order valence-electron chi connectivity index (χ2n) is 11.7. The van der Waals surface area contributed by atoms with Crippen LogP contribution in [0, 0.1) is 11.8 Å². The molecule has 0 amide bonds. The van der Waals surface area contributed by atoms with Gasteiger partial charge in [0.15, 0.2) is 0 Å². The van der Waals surface area contributed by atoms with Gasteiger partial charge in [0, 0.05) is 92.7 Å². The van der Waals surface area contributed by atoms with Gasteiger partial charge in [-0.15, -0.1) is 0 Å². The van der Waals surface area contributed by atoms with E-state index in [9.17, 15) is 0 Å². The van der Waals surface area contributed by atoms with Crippen molar-refractivity contribution in [3.8, 4) is 17.0 Å². The van der Waals surface area contributed by atoms with Gasteiger partial charge in [0.2, 0.25) is 5.88 Å². The summed E-state index contributed by atoms with van der Waals surface area (Å²) < 4.78 is 20.3. The molecule has 7 heteroatoms. The predicted molar refractivity (Wildman–Crippen MR) is 153 cm³/mol. The summed E-state index contributed by atoms with van der Waals surface area (Å²) in [5, 5.41) is 5.66. The lowest BCUT2D eigenvalue weighted by atomic mass is 9.72. The zero-order valence-corrected chi connectivity index (χ0v) is 22.7. The highest BCUT2D eigenvalue weighted by molar-refractivity contribution is 6.08. The van der Waals surface area contributed by atoms with Crippen LogP contribution in [-0.2, 0) is 16.5 Å². The van der Waals surface area contributed by atoms with Crippen LogP contribution >= 0.6 is 0 Å². The molecule has 1 aliphatic heterocycles. The Balaban J connectivity index is 0.831. The van der Waals surface area contributed by atoms with E-state index in [4.69, 9.17) is 14.2 Å². The van der Waals surface area contributed by atoms with Crippen LogP contribution in [-0.4, -0.2) is 59.2 Å². The first-order chi connectivity index (χ1) is 19.2. The Morgan fingerprint density at radius 3 is 2.28 bits per heavy atom. The molecular formula is C32H38N4O3. The molecule has 0 atom stereocenters. The van der Waals surface area contributed by atoms with Gasteiger partial charge in [-0.2, -0.15) is 0 Å². The van der Waals surface area contributed by atoms with Gasteiger partial charge in [0.25, 0.3) is 0 Å². The molecule has 204 valence electrons. The van der Waals surface area contributed by atoms with Gasteiger partial charge >= 0.3 is 0 Å². The van der Waals surface area contributed by atoms with Crippen LogP contribution in [0.3, 0.4) is 0 Å². The fourth-order valence-corrected chi connectivity index (χ4v) is 6.30. The van der Waals surface area contributed by atoms with Crippen LogP contribution < -0.4 is 10.1 Å². The van der Waals surface area contributed by atoms with Gasteiger partial charge in [-0.3, -0.25) is 4.98 Å². The first kappa shape index (κ1) is 25.0. The van der Waals surface area contributed by atoms with E-state index < -0.39 is 0 Å². The van der Waals surface area contributed by atoms with Crippen LogP contribution in [0.1, 0.15) is 38.5 Å². The lowest BCUT2D eigenvalue weighted by Crippen LogP contribution is -2.48. The van der Waals surface area contributed by atoms with Crippen LogP contribution in [0.5, 0.6) is 5.88 Å². The number of aromatic nitrogens is 3. The third kappa shape index (κ3) is 5.28. The quantitative estimate of drug-likeness (QED) is 0.278. The number of pyridine rings is 2. The summed E-state index contributed by atoms with van der Waals surface area (Å²) in [6, 6.07) is 12.7. The molecule has 1 aromatic carbocycles. The summed E-state index contributed by atoms with van der Waals surface area (Å²) in [5.74, 6) is 2.40. The molecule has 4 heterocycles. The largest absolute Gasteiger partial charge is 0.474 e. The molecule has 1 N–H and O–H groups in total. The van der Waals surface area contributed by atoms with Gasteiger partial charge in [0.1, 0.15) is 6.10 Å². The fraction of sp³-hybridized carbons (Fsp3) is 0.500. The smallest absolute Gasteiger partial charge is 0.213 e. The van der Waals surface area contributed by atoms with Crippen LogP contribution in [0.15, 0.2) is 55.0 Å². The lowest BCUT2D eigenvalue weighted by molar-refractivity contribution is -0.0690. The molecule has 1 saturated heterocycles. The molecule has 39 heavy (non-hydrogen) atoms. The van der Waals surface area contributed by atoms with E-state index in [1.165, 1.54) is 47.5 Å². The van der Waals surface area contributed by atoms with E-state index in [0.29, 0.717) is 18.1 Å². The number of hydrogen-bond acceptors (Lipinski definition) is 6. The Labute approximate surface area is 229 Å². The number of benzene rings is 1. The van der Waals surface area contributed by atoms with Crippen molar-refractivity contribution in [3.63, 3.8) is 0 Å². The summed E-state index contributed by atoms with van der Waals surface area (Å²) in [6.07, 6.45) is 13.7. The topological polar surface area (TPSA) is 70.4 Å². The summed E-state index contributed by atoms with van der Waals surface area (Å²) >= 11 is 0. The second kappa shape index (κ2) is 10.9. The highest BCUT2D eigenvalue weighted by atomic mass is 16.5. The molecule has 2 saturated carbocycles. The van der Waals surface area contributed by atoms with E-state index in [1.807, 2.05) is 24.7 Å². The first-order valence-electron chi connectivity index (χ1n) is 14.6. The molecule has 3 aliphatic rings. The summed E-state index contributed by atoms with van der Waals surface area (Å²) in [7, 11) is 2.11. The Kier molecular flexibility index (Phi) is 6.97. The number of fused-ring (bicyclic) bond motifs is 3.